The van der Waals surface area contributed by atoms with Crippen LogP contribution in [0.4, 0.5) is 0 Å². The molecule has 0 saturated carbocycles. The van der Waals surface area contributed by atoms with Crippen molar-refractivity contribution in [1.82, 2.24) is 4.90 Å². The molecular formula is C12H13N3O3S2. The first kappa shape index (κ1) is 13.3. The Morgan fingerprint density at radius 3 is 3.15 bits per heavy atom. The standard InChI is InChI=1S/C12H13N3O3S2/c13-11(14-17)7-6-15(2-3-18-7)12(16)10-5-9-8(20-10)1-4-19-9/h1,4-5,7,17H,2-3,6H2,(H2,13,14). The van der Waals surface area contributed by atoms with E-state index < -0.39 is 6.10 Å². The first-order chi connectivity index (χ1) is 9.69. The molecule has 0 spiro atoms. The number of amidine groups is 1. The van der Waals surface area contributed by atoms with E-state index in [-0.39, 0.29) is 11.7 Å². The Morgan fingerprint density at radius 2 is 2.40 bits per heavy atom. The highest BCUT2D eigenvalue weighted by Gasteiger charge is 2.28. The van der Waals surface area contributed by atoms with E-state index in [2.05, 4.69) is 5.16 Å². The largest absolute Gasteiger partial charge is 0.409 e. The summed E-state index contributed by atoms with van der Waals surface area (Å²) in [7, 11) is 0. The lowest BCUT2D eigenvalue weighted by Gasteiger charge is -2.31. The Bertz CT molecular complexity index is 635. The Hall–Kier alpha value is -1.64. The molecule has 1 unspecified atom stereocenters. The molecule has 1 aliphatic heterocycles. The smallest absolute Gasteiger partial charge is 0.264 e. The molecule has 2 aromatic rings. The molecule has 1 amide bonds. The monoisotopic (exact) mass is 311 g/mol. The van der Waals surface area contributed by atoms with Crippen LogP contribution in [0.15, 0.2) is 22.7 Å². The molecule has 3 heterocycles. The van der Waals surface area contributed by atoms with Gasteiger partial charge in [-0.05, 0) is 17.5 Å². The second-order valence-corrected chi connectivity index (χ2v) is 6.43. The summed E-state index contributed by atoms with van der Waals surface area (Å²) in [5.74, 6) is -0.0351. The average molecular weight is 311 g/mol. The molecule has 0 aromatic carbocycles. The zero-order valence-electron chi connectivity index (χ0n) is 10.5. The van der Waals surface area contributed by atoms with Crippen molar-refractivity contribution >= 4 is 43.8 Å². The number of hydrogen-bond donors (Lipinski definition) is 2. The number of nitrogens with zero attached hydrogens (tertiary/aromatic N) is 2. The molecule has 2 aromatic heterocycles. The number of fused-ring (bicyclic) bond motifs is 1. The summed E-state index contributed by atoms with van der Waals surface area (Å²) in [6, 6.07) is 3.93. The third-order valence-electron chi connectivity index (χ3n) is 3.15. The SMILES string of the molecule is N/C(=N/O)C1CN(C(=O)c2cc3sccc3s2)CCO1. The number of carbonyl (C=O) groups excluding carboxylic acids is 1. The molecule has 0 radical (unpaired) electrons. The quantitative estimate of drug-likeness (QED) is 0.381. The Kier molecular flexibility index (Phi) is 3.60. The van der Waals surface area contributed by atoms with Gasteiger partial charge in [0.1, 0.15) is 6.10 Å². The normalized spacial score (nSPS) is 20.5. The van der Waals surface area contributed by atoms with Crippen LogP contribution >= 0.6 is 22.7 Å². The van der Waals surface area contributed by atoms with Crippen molar-refractivity contribution in [3.8, 4) is 0 Å². The van der Waals surface area contributed by atoms with Gasteiger partial charge in [-0.15, -0.1) is 22.7 Å². The van der Waals surface area contributed by atoms with E-state index in [4.69, 9.17) is 15.7 Å². The first-order valence-electron chi connectivity index (χ1n) is 6.04. The van der Waals surface area contributed by atoms with Crippen molar-refractivity contribution in [2.24, 2.45) is 10.9 Å². The van der Waals surface area contributed by atoms with Gasteiger partial charge in [-0.25, -0.2) is 0 Å². The molecule has 1 atom stereocenters. The average Bonchev–Trinajstić information content (AvgIpc) is 3.07. The summed E-state index contributed by atoms with van der Waals surface area (Å²) in [5.41, 5.74) is 5.53. The maximum absolute atomic E-state index is 12.5. The van der Waals surface area contributed by atoms with Crippen LogP contribution in [-0.2, 0) is 4.74 Å². The fraction of sp³-hybridized carbons (Fsp3) is 0.333. The molecule has 8 heteroatoms. The molecule has 1 saturated heterocycles. The highest BCUT2D eigenvalue weighted by Crippen LogP contribution is 2.30. The van der Waals surface area contributed by atoms with Crippen LogP contribution in [0, 0.1) is 0 Å². The summed E-state index contributed by atoms with van der Waals surface area (Å²) in [4.78, 5) is 14.9. The van der Waals surface area contributed by atoms with Crippen LogP contribution in [0.3, 0.4) is 0 Å². The van der Waals surface area contributed by atoms with E-state index >= 15 is 0 Å². The number of carbonyl (C=O) groups is 1. The highest BCUT2D eigenvalue weighted by atomic mass is 32.1. The van der Waals surface area contributed by atoms with Gasteiger partial charge in [0, 0.05) is 15.9 Å². The topological polar surface area (TPSA) is 88.2 Å². The lowest BCUT2D eigenvalue weighted by atomic mass is 10.2. The lowest BCUT2D eigenvalue weighted by molar-refractivity contribution is 0.00700. The van der Waals surface area contributed by atoms with Gasteiger partial charge in [0.2, 0.25) is 0 Å². The molecule has 0 bridgehead atoms. The van der Waals surface area contributed by atoms with Crippen LogP contribution < -0.4 is 5.73 Å². The molecule has 1 aliphatic rings. The molecular weight excluding hydrogens is 298 g/mol. The molecule has 1 fully saturated rings. The predicted molar refractivity (Wildman–Crippen MR) is 78.8 cm³/mol. The molecule has 20 heavy (non-hydrogen) atoms. The minimum absolute atomic E-state index is 0.00494. The van der Waals surface area contributed by atoms with Crippen LogP contribution in [0.25, 0.3) is 9.40 Å². The van der Waals surface area contributed by atoms with E-state index in [1.807, 2.05) is 17.5 Å². The van der Waals surface area contributed by atoms with Crippen LogP contribution in [0.2, 0.25) is 0 Å². The number of hydrogen-bond acceptors (Lipinski definition) is 6. The Labute approximate surface area is 123 Å². The first-order valence-corrected chi connectivity index (χ1v) is 7.74. The van der Waals surface area contributed by atoms with Gasteiger partial charge < -0.3 is 20.6 Å². The number of rotatable bonds is 2. The third-order valence-corrected chi connectivity index (χ3v) is 5.23. The maximum atomic E-state index is 12.5. The van der Waals surface area contributed by atoms with Gasteiger partial charge in [0.05, 0.1) is 18.0 Å². The minimum atomic E-state index is -0.543. The Balaban J connectivity index is 1.78. The molecule has 3 N–H and O–H groups in total. The molecule has 0 aliphatic carbocycles. The van der Waals surface area contributed by atoms with E-state index in [1.54, 1.807) is 16.2 Å². The van der Waals surface area contributed by atoms with Gasteiger partial charge >= 0.3 is 0 Å². The van der Waals surface area contributed by atoms with Gasteiger partial charge in [-0.3, -0.25) is 4.79 Å². The fourth-order valence-corrected chi connectivity index (χ4v) is 4.18. The number of thiophene rings is 2. The van der Waals surface area contributed by atoms with E-state index in [0.29, 0.717) is 24.6 Å². The highest BCUT2D eigenvalue weighted by molar-refractivity contribution is 7.27. The fourth-order valence-electron chi connectivity index (χ4n) is 2.10. The van der Waals surface area contributed by atoms with Crippen molar-refractivity contribution in [3.05, 3.63) is 22.4 Å². The maximum Gasteiger partial charge on any atom is 0.264 e. The lowest BCUT2D eigenvalue weighted by Crippen LogP contribution is -2.50. The molecule has 6 nitrogen and oxygen atoms in total. The van der Waals surface area contributed by atoms with E-state index in [1.165, 1.54) is 11.3 Å². The van der Waals surface area contributed by atoms with E-state index in [0.717, 1.165) is 9.40 Å². The number of nitrogens with two attached hydrogens (primary N) is 1. The van der Waals surface area contributed by atoms with Crippen molar-refractivity contribution in [2.45, 2.75) is 6.10 Å². The second-order valence-electron chi connectivity index (χ2n) is 4.40. The summed E-state index contributed by atoms with van der Waals surface area (Å²) >= 11 is 3.11. The molecule has 106 valence electrons. The number of ether oxygens (including phenoxy) is 1. The predicted octanol–water partition coefficient (Wildman–Crippen LogP) is 1.55. The van der Waals surface area contributed by atoms with Crippen LogP contribution in [0.1, 0.15) is 9.67 Å². The van der Waals surface area contributed by atoms with Crippen molar-refractivity contribution in [2.75, 3.05) is 19.7 Å². The summed E-state index contributed by atoms with van der Waals surface area (Å²) in [6.45, 7) is 1.20. The second kappa shape index (κ2) is 5.39. The summed E-state index contributed by atoms with van der Waals surface area (Å²) in [6.07, 6.45) is -0.543. The third kappa shape index (κ3) is 2.37. The van der Waals surface area contributed by atoms with Crippen LogP contribution in [-0.4, -0.2) is 47.7 Å². The van der Waals surface area contributed by atoms with Crippen LogP contribution in [0.5, 0.6) is 0 Å². The van der Waals surface area contributed by atoms with Crippen molar-refractivity contribution in [3.63, 3.8) is 0 Å². The summed E-state index contributed by atoms with van der Waals surface area (Å²) < 4.78 is 7.64. The van der Waals surface area contributed by atoms with E-state index in [9.17, 15) is 4.79 Å². The summed E-state index contributed by atoms with van der Waals surface area (Å²) in [5, 5.41) is 13.6. The number of oxime groups is 1. The van der Waals surface area contributed by atoms with Gasteiger partial charge in [0.15, 0.2) is 5.84 Å². The Morgan fingerprint density at radius 1 is 1.55 bits per heavy atom. The molecule has 3 rings (SSSR count). The van der Waals surface area contributed by atoms with Gasteiger partial charge in [-0.1, -0.05) is 5.16 Å². The number of morpholine rings is 1. The minimum Gasteiger partial charge on any atom is -0.409 e. The van der Waals surface area contributed by atoms with Crippen molar-refractivity contribution < 1.29 is 14.7 Å². The number of amides is 1. The zero-order chi connectivity index (χ0) is 14.1. The van der Waals surface area contributed by atoms with Crippen molar-refractivity contribution in [1.29, 1.82) is 0 Å². The van der Waals surface area contributed by atoms with Gasteiger partial charge in [0.25, 0.3) is 5.91 Å². The van der Waals surface area contributed by atoms with Gasteiger partial charge in [-0.2, -0.15) is 0 Å². The zero-order valence-corrected chi connectivity index (χ0v) is 12.1.